The first-order valence-corrected chi connectivity index (χ1v) is 12.7. The lowest BCUT2D eigenvalue weighted by atomic mass is 9.82. The fourth-order valence-electron chi connectivity index (χ4n) is 4.79. The molecule has 2 aromatic carbocycles. The van der Waals surface area contributed by atoms with Gasteiger partial charge in [-0.25, -0.2) is 9.88 Å². The molecule has 2 heterocycles. The van der Waals surface area contributed by atoms with E-state index in [0.29, 0.717) is 34.6 Å². The topological polar surface area (TPSA) is 83.3 Å². The Morgan fingerprint density at radius 3 is 2.60 bits per heavy atom. The second kappa shape index (κ2) is 9.93. The van der Waals surface area contributed by atoms with Gasteiger partial charge in [0, 0.05) is 12.1 Å². The summed E-state index contributed by atoms with van der Waals surface area (Å²) < 4.78 is 5.45. The Morgan fingerprint density at radius 2 is 1.89 bits per heavy atom. The molecular weight excluding hydrogens is 458 g/mol. The Bertz CT molecular complexity index is 1300. The third-order valence-corrected chi connectivity index (χ3v) is 7.70. The molecule has 1 aromatic heterocycles. The molecule has 1 fully saturated rings. The number of benzene rings is 2. The van der Waals surface area contributed by atoms with Crippen LogP contribution < -0.4 is 9.64 Å². The van der Waals surface area contributed by atoms with Crippen molar-refractivity contribution in [2.75, 3.05) is 11.5 Å². The van der Waals surface area contributed by atoms with Gasteiger partial charge in [0.1, 0.15) is 16.8 Å². The predicted molar refractivity (Wildman–Crippen MR) is 135 cm³/mol. The SMILES string of the molecule is CCOc1ccc(N2C(=O)CC(Sc3nc4c(cc3C#N)CC(c3ccccc3)CC4)C2=O)cc1. The molecular formula is C28H25N3O3S. The van der Waals surface area contributed by atoms with Gasteiger partial charge in [-0.05, 0) is 73.6 Å². The quantitative estimate of drug-likeness (QED) is 0.457. The highest BCUT2D eigenvalue weighted by atomic mass is 32.2. The third kappa shape index (κ3) is 4.67. The van der Waals surface area contributed by atoms with Crippen LogP contribution in [0.25, 0.3) is 0 Å². The molecule has 2 aliphatic rings. The number of aryl methyl sites for hydroxylation is 1. The van der Waals surface area contributed by atoms with E-state index in [4.69, 9.17) is 9.72 Å². The Balaban J connectivity index is 1.34. The van der Waals surface area contributed by atoms with Crippen LogP contribution in [0.2, 0.25) is 0 Å². The van der Waals surface area contributed by atoms with Crippen molar-refractivity contribution < 1.29 is 14.3 Å². The van der Waals surface area contributed by atoms with Crippen LogP contribution in [-0.2, 0) is 22.4 Å². The third-order valence-electron chi connectivity index (χ3n) is 6.51. The van der Waals surface area contributed by atoms with E-state index in [0.717, 1.165) is 30.5 Å². The number of thioether (sulfide) groups is 1. The van der Waals surface area contributed by atoms with Gasteiger partial charge in [-0.2, -0.15) is 5.26 Å². The summed E-state index contributed by atoms with van der Waals surface area (Å²) in [5.74, 6) is 0.565. The van der Waals surface area contributed by atoms with Gasteiger partial charge in [0.15, 0.2) is 0 Å². The molecule has 6 nitrogen and oxygen atoms in total. The molecule has 0 bridgehead atoms. The molecule has 7 heteroatoms. The molecule has 1 aliphatic carbocycles. The molecule has 2 atom stereocenters. The van der Waals surface area contributed by atoms with Crippen molar-refractivity contribution in [1.29, 1.82) is 5.26 Å². The number of anilines is 1. The van der Waals surface area contributed by atoms with Crippen molar-refractivity contribution in [2.24, 2.45) is 0 Å². The van der Waals surface area contributed by atoms with E-state index in [2.05, 4.69) is 30.3 Å². The first-order valence-electron chi connectivity index (χ1n) is 11.8. The van der Waals surface area contributed by atoms with Gasteiger partial charge in [0.05, 0.1) is 23.1 Å². The summed E-state index contributed by atoms with van der Waals surface area (Å²) in [6.07, 6.45) is 2.74. The molecule has 1 aliphatic heterocycles. The van der Waals surface area contributed by atoms with Gasteiger partial charge in [0.2, 0.25) is 11.8 Å². The first-order chi connectivity index (χ1) is 17.1. The lowest BCUT2D eigenvalue weighted by Gasteiger charge is -2.25. The summed E-state index contributed by atoms with van der Waals surface area (Å²) >= 11 is 1.22. The maximum atomic E-state index is 13.2. The molecule has 0 saturated carbocycles. The van der Waals surface area contributed by atoms with Crippen LogP contribution >= 0.6 is 11.8 Å². The van der Waals surface area contributed by atoms with Crippen molar-refractivity contribution >= 4 is 29.3 Å². The van der Waals surface area contributed by atoms with Gasteiger partial charge >= 0.3 is 0 Å². The number of carbonyl (C=O) groups is 2. The van der Waals surface area contributed by atoms with E-state index in [-0.39, 0.29) is 18.2 Å². The summed E-state index contributed by atoms with van der Waals surface area (Å²) in [5, 5.41) is 9.74. The average molecular weight is 484 g/mol. The van der Waals surface area contributed by atoms with Crippen LogP contribution in [0, 0.1) is 11.3 Å². The van der Waals surface area contributed by atoms with Crippen LogP contribution in [0.4, 0.5) is 5.69 Å². The fraction of sp³-hybridized carbons (Fsp3) is 0.286. The molecule has 1 saturated heterocycles. The number of hydrogen-bond acceptors (Lipinski definition) is 6. The van der Waals surface area contributed by atoms with Crippen molar-refractivity contribution in [1.82, 2.24) is 4.98 Å². The highest BCUT2D eigenvalue weighted by Gasteiger charge is 2.41. The van der Waals surface area contributed by atoms with E-state index in [1.165, 1.54) is 22.2 Å². The smallest absolute Gasteiger partial charge is 0.247 e. The molecule has 176 valence electrons. The van der Waals surface area contributed by atoms with Crippen molar-refractivity contribution in [3.05, 3.63) is 83.0 Å². The lowest BCUT2D eigenvalue weighted by Crippen LogP contribution is -2.31. The number of pyridine rings is 1. The summed E-state index contributed by atoms with van der Waals surface area (Å²) in [7, 11) is 0. The number of imide groups is 1. The molecule has 2 unspecified atom stereocenters. The number of carbonyl (C=O) groups excluding carboxylic acids is 2. The van der Waals surface area contributed by atoms with E-state index < -0.39 is 5.25 Å². The number of nitriles is 1. The van der Waals surface area contributed by atoms with Gasteiger partial charge in [0.25, 0.3) is 0 Å². The summed E-state index contributed by atoms with van der Waals surface area (Å²) in [6, 6.07) is 21.5. The molecule has 5 rings (SSSR count). The minimum absolute atomic E-state index is 0.0798. The maximum Gasteiger partial charge on any atom is 0.247 e. The molecule has 35 heavy (non-hydrogen) atoms. The van der Waals surface area contributed by atoms with E-state index >= 15 is 0 Å². The van der Waals surface area contributed by atoms with Crippen LogP contribution in [0.5, 0.6) is 5.75 Å². The number of ether oxygens (including phenoxy) is 1. The van der Waals surface area contributed by atoms with Crippen LogP contribution in [-0.4, -0.2) is 28.7 Å². The number of hydrogen-bond donors (Lipinski definition) is 0. The monoisotopic (exact) mass is 483 g/mol. The second-order valence-corrected chi connectivity index (χ2v) is 9.91. The minimum Gasteiger partial charge on any atom is -0.494 e. The van der Waals surface area contributed by atoms with Gasteiger partial charge < -0.3 is 4.74 Å². The highest BCUT2D eigenvalue weighted by Crippen LogP contribution is 2.38. The van der Waals surface area contributed by atoms with E-state index in [1.54, 1.807) is 24.3 Å². The Morgan fingerprint density at radius 1 is 1.11 bits per heavy atom. The Labute approximate surface area is 208 Å². The molecule has 0 spiro atoms. The zero-order chi connectivity index (χ0) is 24.4. The first kappa shape index (κ1) is 23.1. The molecule has 2 amide bonds. The molecule has 0 N–H and O–H groups in total. The van der Waals surface area contributed by atoms with Gasteiger partial charge in [-0.3, -0.25) is 9.59 Å². The average Bonchev–Trinajstić information content (AvgIpc) is 3.17. The standard InChI is InChI=1S/C28H25N3O3S/c1-2-34-23-11-9-22(10-12-23)31-26(32)16-25(28(31)33)35-27-21(17-29)15-20-14-19(8-13-24(20)30-27)18-6-4-3-5-7-18/h3-7,9-12,15,19,25H,2,8,13-14,16H2,1H3. The van der Waals surface area contributed by atoms with Crippen LogP contribution in [0.15, 0.2) is 65.7 Å². The van der Waals surface area contributed by atoms with Crippen LogP contribution in [0.3, 0.4) is 0 Å². The molecule has 0 radical (unpaired) electrons. The van der Waals surface area contributed by atoms with Crippen molar-refractivity contribution in [3.63, 3.8) is 0 Å². The van der Waals surface area contributed by atoms with Crippen molar-refractivity contribution in [2.45, 2.75) is 48.8 Å². The maximum absolute atomic E-state index is 13.2. The second-order valence-electron chi connectivity index (χ2n) is 8.71. The Hall–Kier alpha value is -3.63. The summed E-state index contributed by atoms with van der Waals surface area (Å²) in [5.41, 5.74) is 4.37. The Kier molecular flexibility index (Phi) is 6.56. The number of nitrogens with zero attached hydrogens (tertiary/aromatic N) is 3. The largest absolute Gasteiger partial charge is 0.494 e. The van der Waals surface area contributed by atoms with Crippen LogP contribution in [0.1, 0.15) is 48.1 Å². The zero-order valence-electron chi connectivity index (χ0n) is 19.4. The number of rotatable bonds is 6. The lowest BCUT2D eigenvalue weighted by molar-refractivity contribution is -0.121. The van der Waals surface area contributed by atoms with Gasteiger partial charge in [-0.1, -0.05) is 42.1 Å². The minimum atomic E-state index is -0.604. The predicted octanol–water partition coefficient (Wildman–Crippen LogP) is 5.05. The summed E-state index contributed by atoms with van der Waals surface area (Å²) in [6.45, 7) is 2.44. The summed E-state index contributed by atoms with van der Waals surface area (Å²) in [4.78, 5) is 31.9. The number of fused-ring (bicyclic) bond motifs is 1. The van der Waals surface area contributed by atoms with Gasteiger partial charge in [-0.15, -0.1) is 0 Å². The number of amides is 2. The number of aromatic nitrogens is 1. The van der Waals surface area contributed by atoms with E-state index in [9.17, 15) is 14.9 Å². The molecule has 3 aromatic rings. The zero-order valence-corrected chi connectivity index (χ0v) is 20.3. The van der Waals surface area contributed by atoms with Crippen molar-refractivity contribution in [3.8, 4) is 11.8 Å². The fourth-order valence-corrected chi connectivity index (χ4v) is 5.88. The normalized spacial score (nSPS) is 19.4. The highest BCUT2D eigenvalue weighted by molar-refractivity contribution is 8.00. The van der Waals surface area contributed by atoms with E-state index in [1.807, 2.05) is 19.1 Å².